The summed E-state index contributed by atoms with van der Waals surface area (Å²) in [6, 6.07) is 2.21. The van der Waals surface area contributed by atoms with E-state index < -0.39 is 0 Å². The summed E-state index contributed by atoms with van der Waals surface area (Å²) < 4.78 is 1.95. The van der Waals surface area contributed by atoms with E-state index in [-0.39, 0.29) is 5.25 Å². The normalized spacial score (nSPS) is 24.8. The first-order chi connectivity index (χ1) is 9.24. The summed E-state index contributed by atoms with van der Waals surface area (Å²) in [6.07, 6.45) is 6.13. The van der Waals surface area contributed by atoms with Gasteiger partial charge in [0.25, 0.3) is 0 Å². The fourth-order valence-corrected chi connectivity index (χ4v) is 4.13. The van der Waals surface area contributed by atoms with Crippen LogP contribution in [-0.2, 0) is 4.79 Å². The number of carbonyl (C=O) groups is 1. The smallest absolute Gasteiger partial charge is 0.235 e. The third-order valence-electron chi connectivity index (χ3n) is 3.98. The van der Waals surface area contributed by atoms with Crippen molar-refractivity contribution in [3.8, 4) is 0 Å². The lowest BCUT2D eigenvalue weighted by molar-refractivity contribution is -0.131. The number of amides is 1. The summed E-state index contributed by atoms with van der Waals surface area (Å²) in [7, 11) is 0. The van der Waals surface area contributed by atoms with Crippen LogP contribution in [0.5, 0.6) is 0 Å². The summed E-state index contributed by atoms with van der Waals surface area (Å²) in [6.45, 7) is 1.70. The topological polar surface area (TPSA) is 64.2 Å². The van der Waals surface area contributed by atoms with Gasteiger partial charge in [0.2, 0.25) is 5.91 Å². The Balaban J connectivity index is 1.55. The zero-order chi connectivity index (χ0) is 13.2. The highest BCUT2D eigenvalue weighted by Gasteiger charge is 2.30. The number of carbonyl (C=O) groups excluding carboxylic acids is 1. The maximum atomic E-state index is 12.3. The van der Waals surface area contributed by atoms with Gasteiger partial charge in [0.15, 0.2) is 0 Å². The molecule has 0 aromatic carbocycles. The van der Waals surface area contributed by atoms with Gasteiger partial charge in [-0.1, -0.05) is 0 Å². The van der Waals surface area contributed by atoms with Gasteiger partial charge in [0.1, 0.15) is 5.82 Å². The fraction of sp³-hybridized carbons (Fsp3) is 0.692. The Labute approximate surface area is 117 Å². The van der Waals surface area contributed by atoms with Crippen molar-refractivity contribution < 1.29 is 4.79 Å². The second-order valence-corrected chi connectivity index (χ2v) is 6.59. The zero-order valence-corrected chi connectivity index (χ0v) is 11.8. The van der Waals surface area contributed by atoms with E-state index in [0.29, 0.717) is 17.8 Å². The van der Waals surface area contributed by atoms with Gasteiger partial charge in [-0.3, -0.25) is 9.48 Å². The molecular formula is C13H20N4OS. The summed E-state index contributed by atoms with van der Waals surface area (Å²) >= 11 is 1.82. The molecule has 2 saturated heterocycles. The first-order valence-corrected chi connectivity index (χ1v) is 8.00. The van der Waals surface area contributed by atoms with Crippen molar-refractivity contribution in [2.75, 3.05) is 24.6 Å². The van der Waals surface area contributed by atoms with Gasteiger partial charge in [0.05, 0.1) is 11.3 Å². The van der Waals surface area contributed by atoms with Crippen molar-refractivity contribution in [2.24, 2.45) is 0 Å². The van der Waals surface area contributed by atoms with Crippen LogP contribution in [-0.4, -0.2) is 44.7 Å². The molecule has 2 fully saturated rings. The Bertz CT molecular complexity index is 447. The number of anilines is 1. The van der Waals surface area contributed by atoms with E-state index in [1.165, 1.54) is 6.42 Å². The Morgan fingerprint density at radius 3 is 2.74 bits per heavy atom. The van der Waals surface area contributed by atoms with Crippen molar-refractivity contribution >= 4 is 23.5 Å². The number of likely N-dealkylation sites (tertiary alicyclic amines) is 1. The van der Waals surface area contributed by atoms with E-state index in [1.807, 2.05) is 33.6 Å². The molecule has 3 heterocycles. The van der Waals surface area contributed by atoms with Crippen molar-refractivity contribution in [1.82, 2.24) is 14.7 Å². The third kappa shape index (κ3) is 2.73. The molecule has 0 bridgehead atoms. The number of nitrogens with zero attached hydrogens (tertiary/aromatic N) is 3. The lowest BCUT2D eigenvalue weighted by atomic mass is 10.0. The van der Waals surface area contributed by atoms with Crippen LogP contribution in [0.3, 0.4) is 0 Å². The predicted molar refractivity (Wildman–Crippen MR) is 77.0 cm³/mol. The molecule has 0 spiro atoms. The highest BCUT2D eigenvalue weighted by atomic mass is 32.2. The SMILES string of the molecule is Nc1ccn(C2CCN(C(=O)C3CCCS3)CC2)n1. The molecule has 1 aromatic heterocycles. The molecule has 104 valence electrons. The second-order valence-electron chi connectivity index (χ2n) is 5.28. The largest absolute Gasteiger partial charge is 0.382 e. The highest BCUT2D eigenvalue weighted by molar-refractivity contribution is 8.00. The molecule has 2 aliphatic rings. The first kappa shape index (κ1) is 12.8. The summed E-state index contributed by atoms with van der Waals surface area (Å²) in [4.78, 5) is 14.3. The van der Waals surface area contributed by atoms with E-state index >= 15 is 0 Å². The molecule has 0 saturated carbocycles. The molecule has 5 nitrogen and oxygen atoms in total. The molecule has 19 heavy (non-hydrogen) atoms. The summed E-state index contributed by atoms with van der Waals surface area (Å²) in [5, 5.41) is 4.49. The number of thioether (sulfide) groups is 1. The number of hydrogen-bond acceptors (Lipinski definition) is 4. The van der Waals surface area contributed by atoms with E-state index in [9.17, 15) is 4.79 Å². The quantitative estimate of drug-likeness (QED) is 0.892. The molecule has 2 aliphatic heterocycles. The molecule has 1 aromatic rings. The van der Waals surface area contributed by atoms with Crippen molar-refractivity contribution in [2.45, 2.75) is 37.0 Å². The van der Waals surface area contributed by atoms with E-state index in [0.717, 1.165) is 38.1 Å². The van der Waals surface area contributed by atoms with Crippen LogP contribution in [0.4, 0.5) is 5.82 Å². The number of rotatable bonds is 2. The van der Waals surface area contributed by atoms with Gasteiger partial charge in [-0.05, 0) is 37.5 Å². The molecule has 2 N–H and O–H groups in total. The Morgan fingerprint density at radius 2 is 2.16 bits per heavy atom. The minimum atomic E-state index is 0.219. The average molecular weight is 280 g/mol. The van der Waals surface area contributed by atoms with Crippen LogP contribution in [0.25, 0.3) is 0 Å². The average Bonchev–Trinajstić information content (AvgIpc) is 3.09. The van der Waals surface area contributed by atoms with Crippen LogP contribution in [0.2, 0.25) is 0 Å². The second kappa shape index (κ2) is 5.45. The molecule has 1 atom stereocenters. The van der Waals surface area contributed by atoms with Crippen LogP contribution in [0.15, 0.2) is 12.3 Å². The highest BCUT2D eigenvalue weighted by Crippen LogP contribution is 2.30. The Hall–Kier alpha value is -1.17. The number of hydrogen-bond donors (Lipinski definition) is 1. The number of aromatic nitrogens is 2. The lowest BCUT2D eigenvalue weighted by Gasteiger charge is -2.33. The van der Waals surface area contributed by atoms with Gasteiger partial charge in [0, 0.05) is 19.3 Å². The monoisotopic (exact) mass is 280 g/mol. The number of nitrogens with two attached hydrogens (primary N) is 1. The number of nitrogen functional groups attached to an aromatic ring is 1. The van der Waals surface area contributed by atoms with Gasteiger partial charge in [-0.25, -0.2) is 0 Å². The van der Waals surface area contributed by atoms with Crippen molar-refractivity contribution in [3.63, 3.8) is 0 Å². The molecule has 3 rings (SSSR count). The van der Waals surface area contributed by atoms with Crippen LogP contribution >= 0.6 is 11.8 Å². The van der Waals surface area contributed by atoms with E-state index in [1.54, 1.807) is 0 Å². The van der Waals surface area contributed by atoms with Gasteiger partial charge < -0.3 is 10.6 Å². The van der Waals surface area contributed by atoms with Crippen LogP contribution in [0.1, 0.15) is 31.7 Å². The molecular weight excluding hydrogens is 260 g/mol. The van der Waals surface area contributed by atoms with Gasteiger partial charge in [-0.15, -0.1) is 11.8 Å². The molecule has 0 radical (unpaired) electrons. The third-order valence-corrected chi connectivity index (χ3v) is 5.35. The van der Waals surface area contributed by atoms with Gasteiger partial charge in [-0.2, -0.15) is 5.10 Å². The fourth-order valence-electron chi connectivity index (χ4n) is 2.88. The zero-order valence-electron chi connectivity index (χ0n) is 11.0. The minimum Gasteiger partial charge on any atom is -0.382 e. The molecule has 0 aliphatic carbocycles. The van der Waals surface area contributed by atoms with E-state index in [4.69, 9.17) is 5.73 Å². The lowest BCUT2D eigenvalue weighted by Crippen LogP contribution is -2.42. The molecule has 1 amide bonds. The van der Waals surface area contributed by atoms with Crippen molar-refractivity contribution in [1.29, 1.82) is 0 Å². The van der Waals surface area contributed by atoms with Crippen molar-refractivity contribution in [3.05, 3.63) is 12.3 Å². The molecule has 1 unspecified atom stereocenters. The number of piperidine rings is 1. The Kier molecular flexibility index (Phi) is 3.68. The van der Waals surface area contributed by atoms with E-state index in [2.05, 4.69) is 5.10 Å². The summed E-state index contributed by atoms with van der Waals surface area (Å²) in [5.41, 5.74) is 5.64. The summed E-state index contributed by atoms with van der Waals surface area (Å²) in [5.74, 6) is 2.06. The van der Waals surface area contributed by atoms with Crippen LogP contribution in [0, 0.1) is 0 Å². The van der Waals surface area contributed by atoms with Gasteiger partial charge >= 0.3 is 0 Å². The first-order valence-electron chi connectivity index (χ1n) is 6.95. The molecule has 6 heteroatoms. The maximum Gasteiger partial charge on any atom is 0.235 e. The predicted octanol–water partition coefficient (Wildman–Crippen LogP) is 1.52. The standard InChI is InChI=1S/C13H20N4OS/c14-12-5-8-17(15-12)10-3-6-16(7-4-10)13(18)11-2-1-9-19-11/h5,8,10-11H,1-4,6-7,9H2,(H2,14,15). The minimum absolute atomic E-state index is 0.219. The maximum absolute atomic E-state index is 12.3. The Morgan fingerprint density at radius 1 is 1.37 bits per heavy atom. The van der Waals surface area contributed by atoms with Crippen LogP contribution < -0.4 is 5.73 Å².